The number of rotatable bonds is 2. The molecule has 2 heterocycles. The molecule has 0 atom stereocenters. The fourth-order valence-corrected chi connectivity index (χ4v) is 3.35. The maximum absolute atomic E-state index is 2.62. The number of aromatic nitrogens is 1. The van der Waals surface area contributed by atoms with Crippen molar-refractivity contribution < 1.29 is 0 Å². The highest BCUT2D eigenvalue weighted by Crippen LogP contribution is 2.23. The van der Waals surface area contributed by atoms with E-state index in [9.17, 15) is 0 Å². The Labute approximate surface area is 116 Å². The van der Waals surface area contributed by atoms with Crippen LogP contribution in [0.25, 0.3) is 10.9 Å². The van der Waals surface area contributed by atoms with Gasteiger partial charge >= 0.3 is 0 Å². The van der Waals surface area contributed by atoms with Crippen LogP contribution in [0.1, 0.15) is 36.9 Å². The van der Waals surface area contributed by atoms with Crippen LogP contribution >= 0.6 is 0 Å². The second kappa shape index (κ2) is 5.38. The van der Waals surface area contributed by atoms with Crippen molar-refractivity contribution in [3.63, 3.8) is 0 Å². The smallest absolute Gasteiger partial charge is 0.0510 e. The lowest BCUT2D eigenvalue weighted by Crippen LogP contribution is -2.25. The van der Waals surface area contributed by atoms with Crippen molar-refractivity contribution in [3.8, 4) is 0 Å². The Morgan fingerprint density at radius 3 is 2.47 bits per heavy atom. The third kappa shape index (κ3) is 2.55. The van der Waals surface area contributed by atoms with Gasteiger partial charge in [0.15, 0.2) is 0 Å². The lowest BCUT2D eigenvalue weighted by Gasteiger charge is -2.20. The zero-order chi connectivity index (χ0) is 13.2. The molecule has 1 saturated heterocycles. The summed E-state index contributed by atoms with van der Waals surface area (Å²) in [6.45, 7) is 5.84. The molecule has 0 radical (unpaired) electrons. The van der Waals surface area contributed by atoms with Crippen LogP contribution in [0.15, 0.2) is 24.3 Å². The van der Waals surface area contributed by atoms with Crippen molar-refractivity contribution in [1.29, 1.82) is 0 Å². The molecule has 0 saturated carbocycles. The first-order chi connectivity index (χ1) is 9.25. The summed E-state index contributed by atoms with van der Waals surface area (Å²) in [4.78, 5) is 2.62. The SMILES string of the molecule is Cc1cccc2cc(CN3CCCCCC3)n(C)c12. The number of aryl methyl sites for hydroxylation is 2. The van der Waals surface area contributed by atoms with E-state index in [-0.39, 0.29) is 0 Å². The molecule has 0 bridgehead atoms. The van der Waals surface area contributed by atoms with E-state index in [4.69, 9.17) is 0 Å². The van der Waals surface area contributed by atoms with E-state index in [0.717, 1.165) is 6.54 Å². The summed E-state index contributed by atoms with van der Waals surface area (Å²) < 4.78 is 2.38. The van der Waals surface area contributed by atoms with Gasteiger partial charge in [0.05, 0.1) is 5.52 Å². The van der Waals surface area contributed by atoms with Crippen LogP contribution in [0.5, 0.6) is 0 Å². The van der Waals surface area contributed by atoms with Crippen LogP contribution in [-0.2, 0) is 13.6 Å². The first-order valence-corrected chi connectivity index (χ1v) is 7.52. The van der Waals surface area contributed by atoms with E-state index in [0.29, 0.717) is 0 Å². The van der Waals surface area contributed by atoms with Gasteiger partial charge in [-0.25, -0.2) is 0 Å². The van der Waals surface area contributed by atoms with E-state index in [2.05, 4.69) is 47.7 Å². The second-order valence-electron chi connectivity index (χ2n) is 5.90. The summed E-state index contributed by atoms with van der Waals surface area (Å²) in [5.74, 6) is 0. The highest BCUT2D eigenvalue weighted by molar-refractivity contribution is 5.84. The average molecular weight is 256 g/mol. The number of hydrogen-bond acceptors (Lipinski definition) is 1. The monoisotopic (exact) mass is 256 g/mol. The Hall–Kier alpha value is -1.28. The summed E-state index contributed by atoms with van der Waals surface area (Å²) in [7, 11) is 2.21. The number of hydrogen-bond donors (Lipinski definition) is 0. The van der Waals surface area contributed by atoms with Crippen LogP contribution < -0.4 is 0 Å². The molecule has 0 N–H and O–H groups in total. The standard InChI is InChI=1S/C17H24N2/c1-14-8-7-9-15-12-16(18(2)17(14)15)13-19-10-5-3-4-6-11-19/h7-9,12H,3-6,10-11,13H2,1-2H3. The number of fused-ring (bicyclic) bond motifs is 1. The Morgan fingerprint density at radius 1 is 1.05 bits per heavy atom. The topological polar surface area (TPSA) is 8.17 Å². The molecule has 0 aliphatic carbocycles. The summed E-state index contributed by atoms with van der Waals surface area (Å²) in [5.41, 5.74) is 4.22. The molecule has 2 aromatic rings. The van der Waals surface area contributed by atoms with Crippen molar-refractivity contribution in [1.82, 2.24) is 9.47 Å². The maximum atomic E-state index is 2.62. The third-order valence-electron chi connectivity index (χ3n) is 4.44. The lowest BCUT2D eigenvalue weighted by molar-refractivity contribution is 0.271. The van der Waals surface area contributed by atoms with Gasteiger partial charge in [-0.15, -0.1) is 0 Å². The number of nitrogens with zero attached hydrogens (tertiary/aromatic N) is 2. The molecular formula is C17H24N2. The van der Waals surface area contributed by atoms with Crippen molar-refractivity contribution in [3.05, 3.63) is 35.5 Å². The third-order valence-corrected chi connectivity index (χ3v) is 4.44. The second-order valence-corrected chi connectivity index (χ2v) is 5.90. The van der Waals surface area contributed by atoms with Gasteiger partial charge in [0.2, 0.25) is 0 Å². The molecular weight excluding hydrogens is 232 g/mol. The normalized spacial score (nSPS) is 17.8. The van der Waals surface area contributed by atoms with Gasteiger partial charge < -0.3 is 4.57 Å². The van der Waals surface area contributed by atoms with Gasteiger partial charge in [0, 0.05) is 24.7 Å². The number of para-hydroxylation sites is 1. The van der Waals surface area contributed by atoms with Crippen molar-refractivity contribution in [2.75, 3.05) is 13.1 Å². The molecule has 2 nitrogen and oxygen atoms in total. The molecule has 1 aliphatic heterocycles. The van der Waals surface area contributed by atoms with Crippen LogP contribution in [0.4, 0.5) is 0 Å². The molecule has 0 spiro atoms. The summed E-state index contributed by atoms with van der Waals surface area (Å²) >= 11 is 0. The minimum atomic E-state index is 1.10. The van der Waals surface area contributed by atoms with Crippen LogP contribution in [-0.4, -0.2) is 22.6 Å². The molecule has 0 amide bonds. The van der Waals surface area contributed by atoms with Gasteiger partial charge in [-0.2, -0.15) is 0 Å². The minimum Gasteiger partial charge on any atom is -0.346 e. The Kier molecular flexibility index (Phi) is 3.61. The molecule has 2 heteroatoms. The van der Waals surface area contributed by atoms with E-state index in [1.165, 1.54) is 60.9 Å². The summed E-state index contributed by atoms with van der Waals surface area (Å²) in [6.07, 6.45) is 5.54. The zero-order valence-corrected chi connectivity index (χ0v) is 12.2. The molecule has 1 aliphatic rings. The van der Waals surface area contributed by atoms with E-state index in [1.54, 1.807) is 0 Å². The summed E-state index contributed by atoms with van der Waals surface area (Å²) in [6, 6.07) is 8.97. The van der Waals surface area contributed by atoms with Crippen molar-refractivity contribution in [2.24, 2.45) is 7.05 Å². The molecule has 0 unspecified atom stereocenters. The molecule has 19 heavy (non-hydrogen) atoms. The zero-order valence-electron chi connectivity index (χ0n) is 12.2. The predicted molar refractivity (Wildman–Crippen MR) is 81.4 cm³/mol. The van der Waals surface area contributed by atoms with Gasteiger partial charge in [0.1, 0.15) is 0 Å². The molecule has 102 valence electrons. The van der Waals surface area contributed by atoms with E-state index < -0.39 is 0 Å². The Morgan fingerprint density at radius 2 is 1.79 bits per heavy atom. The lowest BCUT2D eigenvalue weighted by atomic mass is 10.2. The van der Waals surface area contributed by atoms with Gasteiger partial charge in [0.25, 0.3) is 0 Å². The Bertz CT molecular complexity index is 560. The van der Waals surface area contributed by atoms with E-state index in [1.807, 2.05) is 0 Å². The molecule has 1 aromatic carbocycles. The first-order valence-electron chi connectivity index (χ1n) is 7.52. The Balaban J connectivity index is 1.88. The molecule has 3 rings (SSSR count). The fraction of sp³-hybridized carbons (Fsp3) is 0.529. The first kappa shape index (κ1) is 12.7. The van der Waals surface area contributed by atoms with Crippen LogP contribution in [0, 0.1) is 6.92 Å². The van der Waals surface area contributed by atoms with Gasteiger partial charge in [-0.05, 0) is 44.5 Å². The van der Waals surface area contributed by atoms with Gasteiger partial charge in [-0.3, -0.25) is 4.90 Å². The largest absolute Gasteiger partial charge is 0.346 e. The van der Waals surface area contributed by atoms with Crippen molar-refractivity contribution in [2.45, 2.75) is 39.2 Å². The highest BCUT2D eigenvalue weighted by atomic mass is 15.1. The maximum Gasteiger partial charge on any atom is 0.0510 e. The van der Waals surface area contributed by atoms with Crippen LogP contribution in [0.2, 0.25) is 0 Å². The van der Waals surface area contributed by atoms with Crippen molar-refractivity contribution >= 4 is 10.9 Å². The number of benzene rings is 1. The quantitative estimate of drug-likeness (QED) is 0.792. The average Bonchev–Trinajstić information content (AvgIpc) is 2.59. The highest BCUT2D eigenvalue weighted by Gasteiger charge is 2.13. The van der Waals surface area contributed by atoms with E-state index >= 15 is 0 Å². The van der Waals surface area contributed by atoms with Gasteiger partial charge in [-0.1, -0.05) is 31.0 Å². The summed E-state index contributed by atoms with van der Waals surface area (Å²) in [5, 5.41) is 1.38. The van der Waals surface area contributed by atoms with Crippen LogP contribution in [0.3, 0.4) is 0 Å². The minimum absolute atomic E-state index is 1.10. The fourth-order valence-electron chi connectivity index (χ4n) is 3.35. The molecule has 1 aromatic heterocycles. The molecule has 1 fully saturated rings. The number of likely N-dealkylation sites (tertiary alicyclic amines) is 1. The predicted octanol–water partition coefficient (Wildman–Crippen LogP) is 3.86.